The zero-order valence-electron chi connectivity index (χ0n) is 13.0. The molecule has 1 saturated heterocycles. The van der Waals surface area contributed by atoms with Crippen molar-refractivity contribution in [3.8, 4) is 0 Å². The van der Waals surface area contributed by atoms with Crippen molar-refractivity contribution < 1.29 is 19.1 Å². The number of aromatic nitrogens is 2. The second-order valence-corrected chi connectivity index (χ2v) is 5.86. The van der Waals surface area contributed by atoms with Crippen LogP contribution in [-0.2, 0) is 0 Å². The third-order valence-corrected chi connectivity index (χ3v) is 4.24. The second-order valence-electron chi connectivity index (χ2n) is 5.86. The molecule has 1 amide bonds. The monoisotopic (exact) mass is 329 g/mol. The first-order valence-corrected chi connectivity index (χ1v) is 7.59. The van der Waals surface area contributed by atoms with Gasteiger partial charge in [-0.25, -0.2) is 19.2 Å². The van der Waals surface area contributed by atoms with E-state index in [1.54, 1.807) is 17.0 Å². The summed E-state index contributed by atoms with van der Waals surface area (Å²) in [7, 11) is 0. The molecular formula is C17H16FN3O3. The highest BCUT2D eigenvalue weighted by molar-refractivity contribution is 5.93. The number of carboxylic acid groups (broad SMARTS) is 1. The van der Waals surface area contributed by atoms with Crippen LogP contribution in [0.2, 0.25) is 0 Å². The Balaban J connectivity index is 1.89. The van der Waals surface area contributed by atoms with E-state index in [0.717, 1.165) is 24.4 Å². The zero-order chi connectivity index (χ0) is 17.3. The van der Waals surface area contributed by atoms with Gasteiger partial charge in [0.25, 0.3) is 5.91 Å². The Kier molecular flexibility index (Phi) is 4.24. The van der Waals surface area contributed by atoms with Crippen LogP contribution in [0.4, 0.5) is 4.39 Å². The normalized spacial score (nSPS) is 20.2. The van der Waals surface area contributed by atoms with Crippen LogP contribution in [0.3, 0.4) is 0 Å². The second kappa shape index (κ2) is 6.35. The lowest BCUT2D eigenvalue weighted by atomic mass is 9.95. The smallest absolute Gasteiger partial charge is 0.356 e. The zero-order valence-corrected chi connectivity index (χ0v) is 13.0. The number of benzene rings is 1. The van der Waals surface area contributed by atoms with Crippen LogP contribution in [0.5, 0.6) is 0 Å². The van der Waals surface area contributed by atoms with Crippen molar-refractivity contribution in [2.45, 2.75) is 19.4 Å². The summed E-state index contributed by atoms with van der Waals surface area (Å²) in [6.07, 6.45) is 3.03. The lowest BCUT2D eigenvalue weighted by Crippen LogP contribution is -2.32. The molecular weight excluding hydrogens is 313 g/mol. The molecule has 7 heteroatoms. The molecule has 1 aromatic heterocycles. The van der Waals surface area contributed by atoms with Crippen LogP contribution in [-0.4, -0.2) is 38.4 Å². The summed E-state index contributed by atoms with van der Waals surface area (Å²) in [5, 5.41) is 8.84. The molecule has 0 bridgehead atoms. The first kappa shape index (κ1) is 16.0. The van der Waals surface area contributed by atoms with E-state index in [1.807, 2.05) is 6.92 Å². The predicted molar refractivity (Wildman–Crippen MR) is 82.9 cm³/mol. The lowest BCUT2D eigenvalue weighted by Gasteiger charge is -2.27. The maximum atomic E-state index is 13.5. The number of carbonyl (C=O) groups is 2. The Bertz CT molecular complexity index is 779. The Morgan fingerprint density at radius 1 is 1.25 bits per heavy atom. The number of nitrogens with zero attached hydrogens (tertiary/aromatic N) is 3. The Morgan fingerprint density at radius 2 is 1.96 bits per heavy atom. The third-order valence-electron chi connectivity index (χ3n) is 4.24. The van der Waals surface area contributed by atoms with Crippen molar-refractivity contribution >= 4 is 11.9 Å². The molecule has 1 N–H and O–H groups in total. The average molecular weight is 329 g/mol. The maximum Gasteiger partial charge on any atom is 0.356 e. The van der Waals surface area contributed by atoms with Crippen LogP contribution in [0, 0.1) is 11.7 Å². The summed E-state index contributed by atoms with van der Waals surface area (Å²) in [6, 6.07) is 5.99. The molecule has 0 saturated carbocycles. The van der Waals surface area contributed by atoms with Crippen LogP contribution in [0.25, 0.3) is 0 Å². The van der Waals surface area contributed by atoms with Crippen molar-refractivity contribution in [2.75, 3.05) is 6.54 Å². The van der Waals surface area contributed by atoms with Gasteiger partial charge in [-0.15, -0.1) is 0 Å². The topological polar surface area (TPSA) is 83.4 Å². The first-order chi connectivity index (χ1) is 11.5. The van der Waals surface area contributed by atoms with E-state index in [1.165, 1.54) is 12.1 Å². The summed E-state index contributed by atoms with van der Waals surface area (Å²) >= 11 is 0. The van der Waals surface area contributed by atoms with Gasteiger partial charge in [0.2, 0.25) is 0 Å². The molecule has 1 aliphatic heterocycles. The van der Waals surface area contributed by atoms with Crippen molar-refractivity contribution in [3.05, 3.63) is 59.4 Å². The largest absolute Gasteiger partial charge is 0.476 e. The molecule has 1 aromatic carbocycles. The number of carbonyl (C=O) groups excluding carboxylic acids is 1. The summed E-state index contributed by atoms with van der Waals surface area (Å²) < 4.78 is 13.5. The number of likely N-dealkylation sites (tertiary alicyclic amines) is 1. The third kappa shape index (κ3) is 2.97. The van der Waals surface area contributed by atoms with Crippen molar-refractivity contribution in [2.24, 2.45) is 5.92 Å². The Labute approximate surface area is 138 Å². The van der Waals surface area contributed by atoms with E-state index in [-0.39, 0.29) is 35.1 Å². The van der Waals surface area contributed by atoms with E-state index in [4.69, 9.17) is 5.11 Å². The molecule has 1 aliphatic rings. The van der Waals surface area contributed by atoms with Crippen LogP contribution in [0.15, 0.2) is 36.7 Å². The van der Waals surface area contributed by atoms with Crippen LogP contribution < -0.4 is 0 Å². The van der Waals surface area contributed by atoms with E-state index in [9.17, 15) is 14.0 Å². The Morgan fingerprint density at radius 3 is 2.58 bits per heavy atom. The number of hydrogen-bond acceptors (Lipinski definition) is 4. The molecule has 0 radical (unpaired) electrons. The van der Waals surface area contributed by atoms with Crippen LogP contribution >= 0.6 is 0 Å². The van der Waals surface area contributed by atoms with Gasteiger partial charge in [-0.05, 0) is 30.0 Å². The lowest BCUT2D eigenvalue weighted by molar-refractivity contribution is 0.0681. The molecule has 6 nitrogen and oxygen atoms in total. The van der Waals surface area contributed by atoms with Gasteiger partial charge in [-0.2, -0.15) is 0 Å². The van der Waals surface area contributed by atoms with Gasteiger partial charge in [-0.3, -0.25) is 4.79 Å². The van der Waals surface area contributed by atoms with Gasteiger partial charge in [-0.1, -0.05) is 19.1 Å². The quantitative estimate of drug-likeness (QED) is 0.935. The van der Waals surface area contributed by atoms with Crippen molar-refractivity contribution in [3.63, 3.8) is 0 Å². The summed E-state index contributed by atoms with van der Waals surface area (Å²) in [4.78, 5) is 32.8. The number of amides is 1. The number of hydrogen-bond donors (Lipinski definition) is 1. The standard InChI is InChI=1S/C17H16FN3O3/c1-10-5-6-21(15(10)11-3-2-4-12(18)7-11)16(22)13-8-20-14(9-19-13)17(23)24/h2-4,7-10,15H,5-6H2,1H3,(H,23,24). The van der Waals surface area contributed by atoms with Crippen LogP contribution in [0.1, 0.15) is 45.9 Å². The highest BCUT2D eigenvalue weighted by Gasteiger charge is 2.36. The summed E-state index contributed by atoms with van der Waals surface area (Å²) in [5.74, 6) is -1.70. The molecule has 0 spiro atoms. The SMILES string of the molecule is CC1CCN(C(=O)c2cnc(C(=O)O)cn2)C1c1cccc(F)c1. The van der Waals surface area contributed by atoms with Gasteiger partial charge >= 0.3 is 5.97 Å². The van der Waals surface area contributed by atoms with Gasteiger partial charge in [0.1, 0.15) is 11.5 Å². The Hall–Kier alpha value is -2.83. The van der Waals surface area contributed by atoms with Gasteiger partial charge in [0.05, 0.1) is 18.4 Å². The van der Waals surface area contributed by atoms with Gasteiger partial charge in [0, 0.05) is 6.54 Å². The van der Waals surface area contributed by atoms with E-state index in [0.29, 0.717) is 6.54 Å². The molecule has 2 unspecified atom stereocenters. The first-order valence-electron chi connectivity index (χ1n) is 7.59. The minimum Gasteiger partial charge on any atom is -0.476 e. The fraction of sp³-hybridized carbons (Fsp3) is 0.294. The molecule has 2 heterocycles. The van der Waals surface area contributed by atoms with E-state index in [2.05, 4.69) is 9.97 Å². The molecule has 0 aliphatic carbocycles. The fourth-order valence-electron chi connectivity index (χ4n) is 3.07. The molecule has 24 heavy (non-hydrogen) atoms. The number of carboxylic acids is 1. The molecule has 124 valence electrons. The molecule has 3 rings (SSSR count). The van der Waals surface area contributed by atoms with E-state index >= 15 is 0 Å². The molecule has 1 fully saturated rings. The highest BCUT2D eigenvalue weighted by Crippen LogP contribution is 2.37. The van der Waals surface area contributed by atoms with Crippen molar-refractivity contribution in [1.82, 2.24) is 14.9 Å². The highest BCUT2D eigenvalue weighted by atomic mass is 19.1. The van der Waals surface area contributed by atoms with Crippen molar-refractivity contribution in [1.29, 1.82) is 0 Å². The predicted octanol–water partition coefficient (Wildman–Crippen LogP) is 2.54. The minimum absolute atomic E-state index is 0.0792. The number of halogens is 1. The van der Waals surface area contributed by atoms with E-state index < -0.39 is 5.97 Å². The fourth-order valence-corrected chi connectivity index (χ4v) is 3.07. The van der Waals surface area contributed by atoms with Gasteiger partial charge in [0.15, 0.2) is 5.69 Å². The number of aromatic carboxylic acids is 1. The molecule has 2 aromatic rings. The minimum atomic E-state index is -1.20. The van der Waals surface area contributed by atoms with Gasteiger partial charge < -0.3 is 10.0 Å². The summed E-state index contributed by atoms with van der Waals surface area (Å²) in [6.45, 7) is 2.55. The summed E-state index contributed by atoms with van der Waals surface area (Å²) in [5.41, 5.74) is 0.599. The average Bonchev–Trinajstić information content (AvgIpc) is 2.96. The maximum absolute atomic E-state index is 13.5. The molecule has 2 atom stereocenters. The number of rotatable bonds is 3.